The van der Waals surface area contributed by atoms with E-state index in [-0.39, 0.29) is 11.6 Å². The summed E-state index contributed by atoms with van der Waals surface area (Å²) in [5, 5.41) is 9.16. The van der Waals surface area contributed by atoms with Gasteiger partial charge in [-0.25, -0.2) is 4.39 Å². The van der Waals surface area contributed by atoms with E-state index in [0.717, 1.165) is 12.0 Å². The van der Waals surface area contributed by atoms with E-state index < -0.39 is 5.41 Å². The second-order valence-corrected chi connectivity index (χ2v) is 4.27. The van der Waals surface area contributed by atoms with Crippen molar-refractivity contribution in [2.24, 2.45) is 5.41 Å². The molecule has 2 nitrogen and oxygen atoms in total. The van der Waals surface area contributed by atoms with Crippen molar-refractivity contribution in [3.05, 3.63) is 35.6 Å². The van der Waals surface area contributed by atoms with Crippen LogP contribution in [0.5, 0.6) is 0 Å². The maximum atomic E-state index is 12.7. The van der Waals surface area contributed by atoms with Crippen molar-refractivity contribution in [3.63, 3.8) is 0 Å². The highest BCUT2D eigenvalue weighted by Gasteiger charge is 2.42. The van der Waals surface area contributed by atoms with Crippen LogP contribution < -0.4 is 0 Å². The quantitative estimate of drug-likeness (QED) is 0.764. The van der Waals surface area contributed by atoms with Gasteiger partial charge in [0.1, 0.15) is 11.2 Å². The van der Waals surface area contributed by atoms with E-state index in [9.17, 15) is 9.18 Å². The number of nitriles is 1. The highest BCUT2D eigenvalue weighted by Crippen LogP contribution is 2.37. The first-order valence-corrected chi connectivity index (χ1v) is 5.35. The molecule has 0 aliphatic heterocycles. The van der Waals surface area contributed by atoms with Crippen molar-refractivity contribution in [2.75, 3.05) is 0 Å². The number of rotatable bonds is 2. The van der Waals surface area contributed by atoms with Gasteiger partial charge in [-0.2, -0.15) is 5.26 Å². The summed E-state index contributed by atoms with van der Waals surface area (Å²) in [4.78, 5) is 11.7. The van der Waals surface area contributed by atoms with Crippen LogP contribution in [0.25, 0.3) is 0 Å². The Balaban J connectivity index is 2.23. The number of benzene rings is 1. The lowest BCUT2D eigenvalue weighted by molar-refractivity contribution is -0.123. The number of ketones is 1. The Morgan fingerprint density at radius 3 is 2.56 bits per heavy atom. The molecular weight excluding hydrogens is 205 g/mol. The minimum atomic E-state index is -0.863. The van der Waals surface area contributed by atoms with Gasteiger partial charge in [-0.3, -0.25) is 4.79 Å². The first-order chi connectivity index (χ1) is 7.66. The summed E-state index contributed by atoms with van der Waals surface area (Å²) in [5.74, 6) is -0.271. The Hall–Kier alpha value is -1.69. The van der Waals surface area contributed by atoms with Crippen LogP contribution in [0.1, 0.15) is 24.8 Å². The van der Waals surface area contributed by atoms with Gasteiger partial charge < -0.3 is 0 Å². The van der Waals surface area contributed by atoms with E-state index in [4.69, 9.17) is 5.26 Å². The minimum Gasteiger partial charge on any atom is -0.298 e. The molecule has 0 radical (unpaired) electrons. The van der Waals surface area contributed by atoms with Gasteiger partial charge in [-0.1, -0.05) is 12.1 Å². The predicted molar refractivity (Wildman–Crippen MR) is 57.0 cm³/mol. The van der Waals surface area contributed by atoms with Crippen LogP contribution in [-0.4, -0.2) is 5.78 Å². The van der Waals surface area contributed by atoms with Gasteiger partial charge in [0, 0.05) is 6.42 Å². The zero-order valence-corrected chi connectivity index (χ0v) is 8.87. The zero-order valence-electron chi connectivity index (χ0n) is 8.87. The molecule has 1 aromatic carbocycles. The lowest BCUT2D eigenvalue weighted by Crippen LogP contribution is -2.26. The van der Waals surface area contributed by atoms with Crippen LogP contribution in [-0.2, 0) is 11.2 Å². The molecule has 1 fully saturated rings. The average molecular weight is 217 g/mol. The molecule has 82 valence electrons. The summed E-state index contributed by atoms with van der Waals surface area (Å²) in [6, 6.07) is 8.15. The van der Waals surface area contributed by atoms with Gasteiger partial charge in [0.25, 0.3) is 0 Å². The fourth-order valence-corrected chi connectivity index (χ4v) is 2.22. The third-order valence-electron chi connectivity index (χ3n) is 3.17. The Morgan fingerprint density at radius 2 is 2.06 bits per heavy atom. The smallest absolute Gasteiger partial charge is 0.153 e. The van der Waals surface area contributed by atoms with E-state index in [0.29, 0.717) is 19.3 Å². The second-order valence-electron chi connectivity index (χ2n) is 4.27. The van der Waals surface area contributed by atoms with Gasteiger partial charge in [-0.15, -0.1) is 0 Å². The Morgan fingerprint density at radius 1 is 1.38 bits per heavy atom. The van der Waals surface area contributed by atoms with Crippen molar-refractivity contribution in [2.45, 2.75) is 25.7 Å². The number of Topliss-reactive ketones (excluding diaryl/α,β-unsaturated/α-hetero) is 1. The van der Waals surface area contributed by atoms with Gasteiger partial charge in [0.2, 0.25) is 0 Å². The van der Waals surface area contributed by atoms with Crippen molar-refractivity contribution in [1.82, 2.24) is 0 Å². The Kier molecular flexibility index (Phi) is 2.74. The molecule has 0 heterocycles. The fraction of sp³-hybridized carbons (Fsp3) is 0.385. The number of carbonyl (C=O) groups excluding carboxylic acids is 1. The van der Waals surface area contributed by atoms with E-state index >= 15 is 0 Å². The highest BCUT2D eigenvalue weighted by atomic mass is 19.1. The third-order valence-corrected chi connectivity index (χ3v) is 3.17. The Bertz CT molecular complexity index is 446. The zero-order chi connectivity index (χ0) is 11.6. The van der Waals surface area contributed by atoms with Crippen LogP contribution in [0.4, 0.5) is 4.39 Å². The van der Waals surface area contributed by atoms with E-state index in [1.165, 1.54) is 12.1 Å². The fourth-order valence-electron chi connectivity index (χ4n) is 2.22. The largest absolute Gasteiger partial charge is 0.298 e. The maximum absolute atomic E-state index is 12.7. The molecule has 1 saturated carbocycles. The second kappa shape index (κ2) is 4.05. The van der Waals surface area contributed by atoms with Crippen molar-refractivity contribution < 1.29 is 9.18 Å². The van der Waals surface area contributed by atoms with Gasteiger partial charge >= 0.3 is 0 Å². The molecule has 16 heavy (non-hydrogen) atoms. The molecule has 3 heteroatoms. The molecule has 1 aromatic rings. The molecular formula is C13H12FNO. The first kappa shape index (κ1) is 10.8. The van der Waals surface area contributed by atoms with Crippen LogP contribution in [0.2, 0.25) is 0 Å². The maximum Gasteiger partial charge on any atom is 0.153 e. The number of hydrogen-bond donors (Lipinski definition) is 0. The molecule has 1 aliphatic carbocycles. The molecule has 2 rings (SSSR count). The molecule has 0 unspecified atom stereocenters. The Labute approximate surface area is 93.7 Å². The van der Waals surface area contributed by atoms with E-state index in [2.05, 4.69) is 6.07 Å². The number of nitrogens with zero attached hydrogens (tertiary/aromatic N) is 1. The molecule has 0 bridgehead atoms. The summed E-state index contributed by atoms with van der Waals surface area (Å²) in [5.41, 5.74) is -0.0177. The molecule has 0 aromatic heterocycles. The molecule has 0 N–H and O–H groups in total. The summed E-state index contributed by atoms with van der Waals surface area (Å²) in [7, 11) is 0. The lowest BCUT2D eigenvalue weighted by Gasteiger charge is -2.18. The minimum absolute atomic E-state index is 0.0272. The van der Waals surface area contributed by atoms with E-state index in [1.54, 1.807) is 12.1 Å². The summed E-state index contributed by atoms with van der Waals surface area (Å²) in [6.07, 6.45) is 2.31. The van der Waals surface area contributed by atoms with Crippen molar-refractivity contribution in [3.8, 4) is 6.07 Å². The predicted octanol–water partition coefficient (Wildman–Crippen LogP) is 2.63. The topological polar surface area (TPSA) is 40.9 Å². The van der Waals surface area contributed by atoms with Crippen LogP contribution >= 0.6 is 0 Å². The molecule has 0 amide bonds. The standard InChI is InChI=1S/C13H12FNO/c14-11-5-3-10(4-6-11)8-13(9-15)7-1-2-12(13)16/h3-6H,1-2,7-8H2/t13-/m0/s1. The number of hydrogen-bond acceptors (Lipinski definition) is 2. The lowest BCUT2D eigenvalue weighted by atomic mass is 9.81. The number of carbonyl (C=O) groups is 1. The monoisotopic (exact) mass is 217 g/mol. The van der Waals surface area contributed by atoms with Crippen LogP contribution in [0.3, 0.4) is 0 Å². The van der Waals surface area contributed by atoms with Gasteiger partial charge in [-0.05, 0) is 37.0 Å². The van der Waals surface area contributed by atoms with Gasteiger partial charge in [0.15, 0.2) is 5.78 Å². The molecule has 1 atom stereocenters. The summed E-state index contributed by atoms with van der Waals surface area (Å²) >= 11 is 0. The number of halogens is 1. The summed E-state index contributed by atoms with van der Waals surface area (Å²) in [6.45, 7) is 0. The summed E-state index contributed by atoms with van der Waals surface area (Å²) < 4.78 is 12.7. The van der Waals surface area contributed by atoms with Gasteiger partial charge in [0.05, 0.1) is 6.07 Å². The SMILES string of the molecule is N#C[C@@]1(Cc2ccc(F)cc2)CCCC1=O. The molecule has 0 saturated heterocycles. The molecule has 1 aliphatic rings. The van der Waals surface area contributed by atoms with Crippen molar-refractivity contribution in [1.29, 1.82) is 5.26 Å². The van der Waals surface area contributed by atoms with Crippen LogP contribution in [0, 0.1) is 22.6 Å². The van der Waals surface area contributed by atoms with Crippen molar-refractivity contribution >= 4 is 5.78 Å². The normalized spacial score (nSPS) is 24.4. The first-order valence-electron chi connectivity index (χ1n) is 5.35. The van der Waals surface area contributed by atoms with E-state index in [1.807, 2.05) is 0 Å². The molecule has 0 spiro atoms. The average Bonchev–Trinajstić information content (AvgIpc) is 2.64. The third kappa shape index (κ3) is 1.83. The van der Waals surface area contributed by atoms with Crippen LogP contribution in [0.15, 0.2) is 24.3 Å². The highest BCUT2D eigenvalue weighted by molar-refractivity contribution is 5.89.